The highest BCUT2D eigenvalue weighted by atomic mass is 16.5. The second-order valence-corrected chi connectivity index (χ2v) is 6.81. The number of hydrogen-bond donors (Lipinski definition) is 1. The Bertz CT molecular complexity index is 729. The lowest BCUT2D eigenvalue weighted by atomic mass is 10.1. The molecule has 0 spiro atoms. The molecule has 2 aliphatic rings. The molecule has 4 amide bonds. The van der Waals surface area contributed by atoms with Crippen LogP contribution >= 0.6 is 0 Å². The van der Waals surface area contributed by atoms with Gasteiger partial charge in [0, 0.05) is 13.1 Å². The smallest absolute Gasteiger partial charge is 0.327 e. The van der Waals surface area contributed by atoms with Crippen LogP contribution in [0.25, 0.3) is 0 Å². The Morgan fingerprint density at radius 2 is 1.93 bits per heavy atom. The third-order valence-corrected chi connectivity index (χ3v) is 4.93. The van der Waals surface area contributed by atoms with Crippen LogP contribution in [0.15, 0.2) is 18.2 Å². The van der Waals surface area contributed by atoms with Crippen molar-refractivity contribution in [2.45, 2.75) is 39.2 Å². The molecule has 28 heavy (non-hydrogen) atoms. The van der Waals surface area contributed by atoms with Gasteiger partial charge < -0.3 is 19.7 Å². The van der Waals surface area contributed by atoms with E-state index >= 15 is 0 Å². The van der Waals surface area contributed by atoms with Crippen LogP contribution in [0.2, 0.25) is 0 Å². The predicted octanol–water partition coefficient (Wildman–Crippen LogP) is 1.57. The highest BCUT2D eigenvalue weighted by Gasteiger charge is 2.47. The Hall–Kier alpha value is -2.77. The lowest BCUT2D eigenvalue weighted by Crippen LogP contribution is -2.42. The Kier molecular flexibility index (Phi) is 6.38. The van der Waals surface area contributed by atoms with E-state index in [4.69, 9.17) is 9.47 Å². The van der Waals surface area contributed by atoms with Gasteiger partial charge in [0.2, 0.25) is 5.91 Å². The first-order valence-electron chi connectivity index (χ1n) is 9.82. The number of urea groups is 1. The van der Waals surface area contributed by atoms with E-state index in [0.717, 1.165) is 16.9 Å². The normalized spacial score (nSPS) is 18.4. The van der Waals surface area contributed by atoms with E-state index in [1.54, 1.807) is 4.90 Å². The zero-order valence-electron chi connectivity index (χ0n) is 16.4. The summed E-state index contributed by atoms with van der Waals surface area (Å²) in [7, 11) is 0. The molecule has 0 saturated carbocycles. The monoisotopic (exact) mass is 389 g/mol. The van der Waals surface area contributed by atoms with Crippen molar-refractivity contribution in [3.63, 3.8) is 0 Å². The second kappa shape index (κ2) is 8.95. The summed E-state index contributed by atoms with van der Waals surface area (Å²) >= 11 is 0. The van der Waals surface area contributed by atoms with Gasteiger partial charge in [0.15, 0.2) is 11.5 Å². The molecule has 0 aromatic heterocycles. The van der Waals surface area contributed by atoms with E-state index in [2.05, 4.69) is 5.32 Å². The van der Waals surface area contributed by atoms with Crippen LogP contribution in [-0.2, 0) is 16.0 Å². The van der Waals surface area contributed by atoms with Gasteiger partial charge in [-0.3, -0.25) is 14.5 Å². The molecule has 3 rings (SSSR count). The number of carbonyl (C=O) groups is 3. The Morgan fingerprint density at radius 3 is 2.64 bits per heavy atom. The molecule has 8 heteroatoms. The third kappa shape index (κ3) is 4.21. The maximum absolute atomic E-state index is 12.3. The number of imide groups is 1. The molecule has 0 radical (unpaired) electrons. The van der Waals surface area contributed by atoms with Gasteiger partial charge >= 0.3 is 6.03 Å². The summed E-state index contributed by atoms with van der Waals surface area (Å²) in [5.74, 6) is 0.787. The lowest BCUT2D eigenvalue weighted by molar-refractivity contribution is -0.132. The number of amides is 4. The molecule has 1 unspecified atom stereocenters. The molecule has 1 aromatic rings. The summed E-state index contributed by atoms with van der Waals surface area (Å²) in [5, 5.41) is 2.78. The van der Waals surface area contributed by atoms with Crippen LogP contribution < -0.4 is 14.8 Å². The van der Waals surface area contributed by atoms with E-state index < -0.39 is 0 Å². The predicted molar refractivity (Wildman–Crippen MR) is 102 cm³/mol. The number of fused-ring (bicyclic) bond motifs is 1. The fourth-order valence-electron chi connectivity index (χ4n) is 3.62. The SMILES string of the molecule is CCOc1ccc(CCNC(=O)CN2C(=O)C3CCCN3C2=O)cc1OCC. The maximum atomic E-state index is 12.3. The first kappa shape index (κ1) is 20.0. The minimum atomic E-state index is -0.374. The fourth-order valence-corrected chi connectivity index (χ4v) is 3.62. The fraction of sp³-hybridized carbons (Fsp3) is 0.550. The molecule has 2 heterocycles. The van der Waals surface area contributed by atoms with E-state index in [-0.39, 0.29) is 30.4 Å². The van der Waals surface area contributed by atoms with Gasteiger partial charge in [-0.2, -0.15) is 0 Å². The third-order valence-electron chi connectivity index (χ3n) is 4.93. The quantitative estimate of drug-likeness (QED) is 0.648. The molecule has 1 N–H and O–H groups in total. The van der Waals surface area contributed by atoms with Crippen LogP contribution in [0.5, 0.6) is 11.5 Å². The highest BCUT2D eigenvalue weighted by molar-refractivity contribution is 6.06. The Labute approximate surface area is 164 Å². The van der Waals surface area contributed by atoms with Gasteiger partial charge in [0.1, 0.15) is 12.6 Å². The van der Waals surface area contributed by atoms with Crippen molar-refractivity contribution in [1.29, 1.82) is 0 Å². The minimum Gasteiger partial charge on any atom is -0.490 e. The number of rotatable bonds is 9. The van der Waals surface area contributed by atoms with Gasteiger partial charge in [-0.15, -0.1) is 0 Å². The number of ether oxygens (including phenoxy) is 2. The van der Waals surface area contributed by atoms with Gasteiger partial charge in [-0.05, 0) is 50.8 Å². The largest absolute Gasteiger partial charge is 0.490 e. The molecule has 0 bridgehead atoms. The zero-order valence-corrected chi connectivity index (χ0v) is 16.4. The van der Waals surface area contributed by atoms with Crippen LogP contribution in [0.1, 0.15) is 32.3 Å². The van der Waals surface area contributed by atoms with E-state index in [9.17, 15) is 14.4 Å². The first-order valence-corrected chi connectivity index (χ1v) is 9.82. The van der Waals surface area contributed by atoms with Crippen LogP contribution in [0.4, 0.5) is 4.79 Å². The molecule has 1 atom stereocenters. The van der Waals surface area contributed by atoms with E-state index in [1.807, 2.05) is 32.0 Å². The van der Waals surface area contributed by atoms with Crippen LogP contribution in [-0.4, -0.2) is 66.5 Å². The number of benzene rings is 1. The molecule has 1 aromatic carbocycles. The van der Waals surface area contributed by atoms with Crippen LogP contribution in [0.3, 0.4) is 0 Å². The Morgan fingerprint density at radius 1 is 1.18 bits per heavy atom. The van der Waals surface area contributed by atoms with Gasteiger partial charge in [0.05, 0.1) is 13.2 Å². The number of carbonyl (C=O) groups excluding carboxylic acids is 3. The average molecular weight is 389 g/mol. The minimum absolute atomic E-state index is 0.224. The topological polar surface area (TPSA) is 88.2 Å². The zero-order chi connectivity index (χ0) is 20.1. The number of nitrogens with one attached hydrogen (secondary N) is 1. The Balaban J connectivity index is 1.49. The molecule has 2 saturated heterocycles. The van der Waals surface area contributed by atoms with E-state index in [1.165, 1.54) is 0 Å². The molecule has 8 nitrogen and oxygen atoms in total. The summed E-state index contributed by atoms with van der Waals surface area (Å²) in [6.07, 6.45) is 2.13. The average Bonchev–Trinajstić information content (AvgIpc) is 3.24. The van der Waals surface area contributed by atoms with Gasteiger partial charge in [-0.25, -0.2) is 4.79 Å². The molecular weight excluding hydrogens is 362 g/mol. The summed E-state index contributed by atoms with van der Waals surface area (Å²) < 4.78 is 11.2. The summed E-state index contributed by atoms with van der Waals surface area (Å²) in [5.41, 5.74) is 1.00. The first-order chi connectivity index (χ1) is 13.5. The lowest BCUT2D eigenvalue weighted by Gasteiger charge is -2.15. The highest BCUT2D eigenvalue weighted by Crippen LogP contribution is 2.29. The summed E-state index contributed by atoms with van der Waals surface area (Å²) in [6.45, 7) is 5.69. The van der Waals surface area contributed by atoms with E-state index in [0.29, 0.717) is 50.6 Å². The number of hydrogen-bond acceptors (Lipinski definition) is 5. The molecule has 2 aliphatic heterocycles. The van der Waals surface area contributed by atoms with Crippen molar-refractivity contribution in [3.05, 3.63) is 23.8 Å². The van der Waals surface area contributed by atoms with Crippen molar-refractivity contribution < 1.29 is 23.9 Å². The van der Waals surface area contributed by atoms with Crippen molar-refractivity contribution in [2.75, 3.05) is 32.8 Å². The van der Waals surface area contributed by atoms with Crippen molar-refractivity contribution in [3.8, 4) is 11.5 Å². The van der Waals surface area contributed by atoms with Crippen molar-refractivity contribution >= 4 is 17.8 Å². The molecule has 152 valence electrons. The van der Waals surface area contributed by atoms with Crippen LogP contribution in [0, 0.1) is 0 Å². The maximum Gasteiger partial charge on any atom is 0.327 e. The van der Waals surface area contributed by atoms with Crippen molar-refractivity contribution in [2.24, 2.45) is 0 Å². The van der Waals surface area contributed by atoms with Gasteiger partial charge in [-0.1, -0.05) is 6.07 Å². The van der Waals surface area contributed by atoms with Crippen molar-refractivity contribution in [1.82, 2.24) is 15.1 Å². The standard InChI is InChI=1S/C20H27N3O5/c1-3-27-16-8-7-14(12-17(16)28-4-2)9-10-21-18(24)13-23-19(25)15-6-5-11-22(15)20(23)26/h7-8,12,15H,3-6,9-11,13H2,1-2H3,(H,21,24). The summed E-state index contributed by atoms with van der Waals surface area (Å²) in [6, 6.07) is 4.97. The summed E-state index contributed by atoms with van der Waals surface area (Å²) in [4.78, 5) is 39.3. The van der Waals surface area contributed by atoms with Gasteiger partial charge in [0.25, 0.3) is 5.91 Å². The number of nitrogens with zero attached hydrogens (tertiary/aromatic N) is 2. The molecule has 0 aliphatic carbocycles. The molecular formula is C20H27N3O5. The second-order valence-electron chi connectivity index (χ2n) is 6.81. The molecule has 2 fully saturated rings.